The number of aliphatic hydroxyl groups is 1. The molecule has 0 radical (unpaired) electrons. The number of hydrogen-bond donors (Lipinski definition) is 2. The second kappa shape index (κ2) is 13.4. The van der Waals surface area contributed by atoms with E-state index in [4.69, 9.17) is 19.6 Å². The van der Waals surface area contributed by atoms with Crippen LogP contribution in [0.5, 0.6) is 5.75 Å². The molecule has 8 heteroatoms. The third-order valence-corrected chi connectivity index (χ3v) is 7.07. The Bertz CT molecular complexity index is 1490. The van der Waals surface area contributed by atoms with Crippen molar-refractivity contribution >= 4 is 11.8 Å². The summed E-state index contributed by atoms with van der Waals surface area (Å²) in [5.41, 5.74) is 1.46. The van der Waals surface area contributed by atoms with Crippen molar-refractivity contribution < 1.29 is 28.2 Å². The molecular weight excluding hydrogens is 538 g/mol. The summed E-state index contributed by atoms with van der Waals surface area (Å²) in [6.45, 7) is 0.602. The first kappa shape index (κ1) is 29.0. The molecule has 0 bridgehead atoms. The van der Waals surface area contributed by atoms with Gasteiger partial charge in [-0.1, -0.05) is 60.7 Å². The molecule has 0 unspecified atom stereocenters. The standard InChI is InChI=1S/C34H32F2N2O4/c35-28-20-25(21-29(36)22-28)16-17-37-33(40)34(23-24-8-3-1-4-9-24)31(26-10-5-2-6-11-26)42-32(38-34)27-12-14-30(15-13-27)41-19-7-18-39/h1-6,8-15,20-22,31,39H,7,16-19,23H2,(H,37,40)/t31-,34-/m1/s1. The number of carbonyl (C=O) groups is 1. The zero-order chi connectivity index (χ0) is 29.4. The van der Waals surface area contributed by atoms with Crippen molar-refractivity contribution in [3.8, 4) is 5.75 Å². The van der Waals surface area contributed by atoms with E-state index in [-0.39, 0.29) is 31.9 Å². The van der Waals surface area contributed by atoms with Crippen LogP contribution in [0.25, 0.3) is 0 Å². The van der Waals surface area contributed by atoms with Crippen LogP contribution >= 0.6 is 0 Å². The number of nitrogens with one attached hydrogen (secondary N) is 1. The number of amides is 1. The third kappa shape index (κ3) is 6.83. The van der Waals surface area contributed by atoms with Crippen LogP contribution in [0.15, 0.2) is 108 Å². The van der Waals surface area contributed by atoms with Crippen LogP contribution in [-0.2, 0) is 22.4 Å². The highest BCUT2D eigenvalue weighted by Gasteiger charge is 2.53. The Morgan fingerprint density at radius 1 is 0.905 bits per heavy atom. The van der Waals surface area contributed by atoms with Gasteiger partial charge >= 0.3 is 0 Å². The molecule has 4 aromatic carbocycles. The van der Waals surface area contributed by atoms with Gasteiger partial charge in [-0.25, -0.2) is 13.8 Å². The summed E-state index contributed by atoms with van der Waals surface area (Å²) in [5, 5.41) is 12.0. The molecule has 216 valence electrons. The molecule has 0 saturated heterocycles. The fourth-order valence-electron chi connectivity index (χ4n) is 5.05. The number of carbonyl (C=O) groups excluding carboxylic acids is 1. The fourth-order valence-corrected chi connectivity index (χ4v) is 5.05. The molecule has 0 saturated carbocycles. The van der Waals surface area contributed by atoms with Gasteiger partial charge in [0.2, 0.25) is 5.90 Å². The molecular formula is C34H32F2N2O4. The minimum atomic E-state index is -1.36. The lowest BCUT2D eigenvalue weighted by atomic mass is 9.82. The van der Waals surface area contributed by atoms with Crippen LogP contribution in [0.1, 0.15) is 34.8 Å². The first-order chi connectivity index (χ1) is 20.5. The number of benzene rings is 4. The maximum Gasteiger partial charge on any atom is 0.252 e. The van der Waals surface area contributed by atoms with Gasteiger partial charge in [-0.15, -0.1) is 0 Å². The molecule has 42 heavy (non-hydrogen) atoms. The van der Waals surface area contributed by atoms with Gasteiger partial charge in [-0.2, -0.15) is 0 Å². The molecule has 6 nitrogen and oxygen atoms in total. The van der Waals surface area contributed by atoms with E-state index >= 15 is 0 Å². The fraction of sp³-hybridized carbons (Fsp3) is 0.235. The lowest BCUT2D eigenvalue weighted by molar-refractivity contribution is -0.128. The van der Waals surface area contributed by atoms with Crippen LogP contribution in [0.3, 0.4) is 0 Å². The van der Waals surface area contributed by atoms with Crippen molar-refractivity contribution in [3.63, 3.8) is 0 Å². The minimum absolute atomic E-state index is 0.0499. The molecule has 5 rings (SSSR count). The molecule has 0 fully saturated rings. The molecule has 0 aromatic heterocycles. The van der Waals surface area contributed by atoms with Crippen molar-refractivity contribution in [2.24, 2.45) is 4.99 Å². The zero-order valence-electron chi connectivity index (χ0n) is 23.0. The Morgan fingerprint density at radius 3 is 2.24 bits per heavy atom. The number of ether oxygens (including phenoxy) is 2. The second-order valence-corrected chi connectivity index (χ2v) is 10.1. The van der Waals surface area contributed by atoms with E-state index in [0.717, 1.165) is 17.2 Å². The van der Waals surface area contributed by atoms with Crippen molar-refractivity contribution in [1.82, 2.24) is 5.32 Å². The van der Waals surface area contributed by atoms with E-state index in [1.807, 2.05) is 72.8 Å². The Labute approximate surface area is 243 Å². The lowest BCUT2D eigenvalue weighted by Crippen LogP contribution is -2.50. The summed E-state index contributed by atoms with van der Waals surface area (Å²) in [4.78, 5) is 19.2. The van der Waals surface area contributed by atoms with Gasteiger partial charge in [-0.3, -0.25) is 4.79 Å². The van der Waals surface area contributed by atoms with E-state index in [9.17, 15) is 13.6 Å². The average molecular weight is 571 g/mol. The number of rotatable bonds is 12. The van der Waals surface area contributed by atoms with Gasteiger partial charge in [0, 0.05) is 37.6 Å². The molecule has 1 amide bonds. The maximum atomic E-state index is 14.2. The Morgan fingerprint density at radius 2 is 1.57 bits per heavy atom. The monoisotopic (exact) mass is 570 g/mol. The third-order valence-electron chi connectivity index (χ3n) is 7.07. The van der Waals surface area contributed by atoms with E-state index in [1.165, 1.54) is 12.1 Å². The van der Waals surface area contributed by atoms with E-state index < -0.39 is 23.3 Å². The average Bonchev–Trinajstić information content (AvgIpc) is 3.38. The smallest absolute Gasteiger partial charge is 0.252 e. The van der Waals surface area contributed by atoms with Gasteiger partial charge in [0.15, 0.2) is 11.6 Å². The van der Waals surface area contributed by atoms with Crippen molar-refractivity contribution in [3.05, 3.63) is 137 Å². The van der Waals surface area contributed by atoms with Gasteiger partial charge in [-0.05, 0) is 59.5 Å². The Hall–Kier alpha value is -4.56. The van der Waals surface area contributed by atoms with Gasteiger partial charge < -0.3 is 19.9 Å². The quantitative estimate of drug-likeness (QED) is 0.218. The van der Waals surface area contributed by atoms with Gasteiger partial charge in [0.25, 0.3) is 5.91 Å². The molecule has 2 N–H and O–H groups in total. The van der Waals surface area contributed by atoms with Crippen LogP contribution in [0, 0.1) is 11.6 Å². The highest BCUT2D eigenvalue weighted by Crippen LogP contribution is 2.42. The van der Waals surface area contributed by atoms with Crippen molar-refractivity contribution in [1.29, 1.82) is 0 Å². The van der Waals surface area contributed by atoms with Gasteiger partial charge in [0.1, 0.15) is 17.4 Å². The number of hydrogen-bond acceptors (Lipinski definition) is 5. The SMILES string of the molecule is O=C(NCCc1cc(F)cc(F)c1)[C@]1(Cc2ccccc2)N=C(c2ccc(OCCCO)cc2)O[C@@H]1c1ccccc1. The first-order valence-corrected chi connectivity index (χ1v) is 13.9. The molecule has 0 aliphatic carbocycles. The number of halogens is 2. The molecule has 4 aromatic rings. The maximum absolute atomic E-state index is 14.2. The van der Waals surface area contributed by atoms with Crippen molar-refractivity contribution in [2.75, 3.05) is 19.8 Å². The van der Waals surface area contributed by atoms with Crippen LogP contribution < -0.4 is 10.1 Å². The second-order valence-electron chi connectivity index (χ2n) is 10.1. The predicted molar refractivity (Wildman–Crippen MR) is 156 cm³/mol. The molecule has 1 aliphatic heterocycles. The van der Waals surface area contributed by atoms with E-state index in [0.29, 0.717) is 35.8 Å². The molecule has 1 heterocycles. The summed E-state index contributed by atoms with van der Waals surface area (Å²) >= 11 is 0. The van der Waals surface area contributed by atoms with Crippen LogP contribution in [0.2, 0.25) is 0 Å². The highest BCUT2D eigenvalue weighted by atomic mass is 19.1. The molecule has 2 atom stereocenters. The predicted octanol–water partition coefficient (Wildman–Crippen LogP) is 5.58. The topological polar surface area (TPSA) is 80.2 Å². The zero-order valence-corrected chi connectivity index (χ0v) is 23.0. The normalized spacial score (nSPS) is 17.8. The van der Waals surface area contributed by atoms with Crippen LogP contribution in [0.4, 0.5) is 8.78 Å². The summed E-state index contributed by atoms with van der Waals surface area (Å²) in [6, 6.07) is 29.7. The summed E-state index contributed by atoms with van der Waals surface area (Å²) in [7, 11) is 0. The van der Waals surface area contributed by atoms with E-state index in [1.54, 1.807) is 12.1 Å². The Balaban J connectivity index is 1.48. The molecule has 0 spiro atoms. The highest BCUT2D eigenvalue weighted by molar-refractivity contribution is 6.01. The summed E-state index contributed by atoms with van der Waals surface area (Å²) < 4.78 is 39.6. The first-order valence-electron chi connectivity index (χ1n) is 13.9. The summed E-state index contributed by atoms with van der Waals surface area (Å²) in [6.07, 6.45) is 0.301. The Kier molecular flexibility index (Phi) is 9.24. The van der Waals surface area contributed by atoms with Crippen LogP contribution in [-0.4, -0.2) is 42.2 Å². The van der Waals surface area contributed by atoms with E-state index in [2.05, 4.69) is 5.32 Å². The minimum Gasteiger partial charge on any atom is -0.494 e. The number of aliphatic imine (C=N–C) groups is 1. The number of nitrogens with zero attached hydrogens (tertiary/aromatic N) is 1. The van der Waals surface area contributed by atoms with Crippen molar-refractivity contribution in [2.45, 2.75) is 30.9 Å². The lowest BCUT2D eigenvalue weighted by Gasteiger charge is -2.31. The molecule has 1 aliphatic rings. The summed E-state index contributed by atoms with van der Waals surface area (Å²) in [5.74, 6) is -0.707. The van der Waals surface area contributed by atoms with Gasteiger partial charge in [0.05, 0.1) is 6.61 Å². The number of aliphatic hydroxyl groups excluding tert-OH is 1. The largest absolute Gasteiger partial charge is 0.494 e.